The van der Waals surface area contributed by atoms with E-state index in [0.29, 0.717) is 19.5 Å². The van der Waals surface area contributed by atoms with Crippen LogP contribution in [0.1, 0.15) is 29.7 Å². The van der Waals surface area contributed by atoms with Gasteiger partial charge in [0.15, 0.2) is 0 Å². The van der Waals surface area contributed by atoms with Crippen molar-refractivity contribution >= 4 is 23.2 Å². The summed E-state index contributed by atoms with van der Waals surface area (Å²) in [5.74, 6) is 0.0431. The minimum atomic E-state index is -0.315. The Balaban J connectivity index is 1.52. The van der Waals surface area contributed by atoms with Gasteiger partial charge in [0.2, 0.25) is 11.8 Å². The van der Waals surface area contributed by atoms with E-state index >= 15 is 0 Å². The van der Waals surface area contributed by atoms with Gasteiger partial charge < -0.3 is 10.2 Å². The quantitative estimate of drug-likeness (QED) is 0.877. The normalized spacial score (nSPS) is 17.0. The predicted molar refractivity (Wildman–Crippen MR) is 95.7 cm³/mol. The van der Waals surface area contributed by atoms with Crippen molar-refractivity contribution in [3.63, 3.8) is 0 Å². The molecule has 1 aliphatic rings. The van der Waals surface area contributed by atoms with Crippen molar-refractivity contribution in [1.29, 1.82) is 0 Å². The number of thiophene rings is 1. The maximum absolute atomic E-state index is 12.5. The zero-order valence-electron chi connectivity index (χ0n) is 13.6. The molecule has 1 fully saturated rings. The minimum absolute atomic E-state index is 0.0409. The van der Waals surface area contributed by atoms with Gasteiger partial charge in [0.25, 0.3) is 0 Å². The molecule has 1 saturated heterocycles. The van der Waals surface area contributed by atoms with E-state index in [1.54, 1.807) is 16.2 Å². The number of benzene rings is 1. The van der Waals surface area contributed by atoms with Crippen molar-refractivity contribution < 1.29 is 9.59 Å². The maximum atomic E-state index is 12.5. The first kappa shape index (κ1) is 16.7. The number of nitrogens with zero attached hydrogens (tertiary/aromatic N) is 1. The fraction of sp³-hybridized carbons (Fsp3) is 0.368. The van der Waals surface area contributed by atoms with E-state index in [2.05, 4.69) is 5.32 Å². The Hall–Kier alpha value is -2.14. The number of amides is 2. The molecule has 0 radical (unpaired) electrons. The summed E-state index contributed by atoms with van der Waals surface area (Å²) in [5.41, 5.74) is 1.07. The summed E-state index contributed by atoms with van der Waals surface area (Å²) in [4.78, 5) is 27.9. The number of rotatable bonds is 6. The molecule has 0 aliphatic carbocycles. The molecule has 1 N–H and O–H groups in total. The first-order valence-corrected chi connectivity index (χ1v) is 9.25. The number of carbonyl (C=O) groups excluding carboxylic acids is 2. The van der Waals surface area contributed by atoms with E-state index in [9.17, 15) is 9.59 Å². The number of hydrogen-bond acceptors (Lipinski definition) is 3. The smallest absolute Gasteiger partial charge is 0.243 e. The Morgan fingerprint density at radius 3 is 2.75 bits per heavy atom. The van der Waals surface area contributed by atoms with Crippen LogP contribution in [0.2, 0.25) is 0 Å². The molecule has 4 nitrogen and oxygen atoms in total. The van der Waals surface area contributed by atoms with Gasteiger partial charge in [-0.25, -0.2) is 0 Å². The molecule has 126 valence electrons. The third-order valence-corrected chi connectivity index (χ3v) is 5.29. The topological polar surface area (TPSA) is 49.4 Å². The first-order chi connectivity index (χ1) is 11.7. The molecule has 24 heavy (non-hydrogen) atoms. The van der Waals surface area contributed by atoms with Crippen molar-refractivity contribution in [2.75, 3.05) is 6.54 Å². The summed E-state index contributed by atoms with van der Waals surface area (Å²) in [7, 11) is 0. The summed E-state index contributed by atoms with van der Waals surface area (Å²) in [6.07, 6.45) is 2.88. The summed E-state index contributed by atoms with van der Waals surface area (Å²) >= 11 is 1.67. The molecule has 0 unspecified atom stereocenters. The molecule has 2 aromatic rings. The second-order valence-corrected chi connectivity index (χ2v) is 7.06. The summed E-state index contributed by atoms with van der Waals surface area (Å²) in [5, 5.41) is 4.99. The van der Waals surface area contributed by atoms with Crippen LogP contribution in [-0.2, 0) is 22.6 Å². The molecule has 0 spiro atoms. The highest BCUT2D eigenvalue weighted by molar-refractivity contribution is 7.09. The largest absolute Gasteiger partial charge is 0.350 e. The van der Waals surface area contributed by atoms with Gasteiger partial charge in [0.1, 0.15) is 6.04 Å². The van der Waals surface area contributed by atoms with Crippen LogP contribution < -0.4 is 5.32 Å². The highest BCUT2D eigenvalue weighted by Crippen LogP contribution is 2.20. The molecule has 0 bridgehead atoms. The lowest BCUT2D eigenvalue weighted by molar-refractivity contribution is -0.138. The van der Waals surface area contributed by atoms with Gasteiger partial charge in [0.05, 0.1) is 0 Å². The molecular formula is C19H22N2O2S. The van der Waals surface area contributed by atoms with Crippen LogP contribution in [0.4, 0.5) is 0 Å². The number of likely N-dealkylation sites (tertiary alicyclic amines) is 1. The van der Waals surface area contributed by atoms with Crippen LogP contribution in [0, 0.1) is 0 Å². The molecule has 1 aliphatic heterocycles. The van der Waals surface area contributed by atoms with Crippen LogP contribution in [-0.4, -0.2) is 29.3 Å². The number of aryl methyl sites for hydroxylation is 1. The summed E-state index contributed by atoms with van der Waals surface area (Å²) in [6, 6.07) is 13.6. The SMILES string of the molecule is O=C(NCc1ccccc1)[C@H]1CCCN1C(=O)CCc1cccs1. The third-order valence-electron chi connectivity index (χ3n) is 4.35. The standard InChI is InChI=1S/C19H22N2O2S/c22-18(11-10-16-8-5-13-24-16)21-12-4-9-17(21)19(23)20-14-15-6-2-1-3-7-15/h1-3,5-8,13,17H,4,9-12,14H2,(H,20,23)/t17-/m1/s1. The van der Waals surface area contributed by atoms with E-state index < -0.39 is 0 Å². The van der Waals surface area contributed by atoms with Gasteiger partial charge in [-0.05, 0) is 36.3 Å². The summed E-state index contributed by atoms with van der Waals surface area (Å²) in [6.45, 7) is 1.19. The van der Waals surface area contributed by atoms with Gasteiger partial charge >= 0.3 is 0 Å². The Labute approximate surface area is 146 Å². The fourth-order valence-corrected chi connectivity index (χ4v) is 3.78. The van der Waals surface area contributed by atoms with E-state index in [1.165, 1.54) is 4.88 Å². The minimum Gasteiger partial charge on any atom is -0.350 e. The van der Waals surface area contributed by atoms with Gasteiger partial charge in [-0.2, -0.15) is 0 Å². The Bertz CT molecular complexity index is 670. The highest BCUT2D eigenvalue weighted by Gasteiger charge is 2.33. The van der Waals surface area contributed by atoms with Crippen molar-refractivity contribution in [3.8, 4) is 0 Å². The average Bonchev–Trinajstić information content (AvgIpc) is 3.30. The zero-order chi connectivity index (χ0) is 16.8. The Morgan fingerprint density at radius 1 is 1.17 bits per heavy atom. The first-order valence-electron chi connectivity index (χ1n) is 8.37. The lowest BCUT2D eigenvalue weighted by Crippen LogP contribution is -2.45. The van der Waals surface area contributed by atoms with Crippen LogP contribution in [0.5, 0.6) is 0 Å². The van der Waals surface area contributed by atoms with E-state index in [-0.39, 0.29) is 17.9 Å². The molecule has 1 aromatic heterocycles. The molecule has 2 heterocycles. The highest BCUT2D eigenvalue weighted by atomic mass is 32.1. The number of carbonyl (C=O) groups is 2. The number of hydrogen-bond donors (Lipinski definition) is 1. The zero-order valence-corrected chi connectivity index (χ0v) is 14.4. The van der Waals surface area contributed by atoms with Crippen LogP contribution in [0.3, 0.4) is 0 Å². The average molecular weight is 342 g/mol. The Morgan fingerprint density at radius 2 is 2.00 bits per heavy atom. The van der Waals surface area contributed by atoms with Gasteiger partial charge in [-0.15, -0.1) is 11.3 Å². The van der Waals surface area contributed by atoms with Gasteiger partial charge in [-0.3, -0.25) is 9.59 Å². The van der Waals surface area contributed by atoms with Crippen molar-refractivity contribution in [2.45, 2.75) is 38.3 Å². The van der Waals surface area contributed by atoms with Gasteiger partial charge in [-0.1, -0.05) is 36.4 Å². The van der Waals surface area contributed by atoms with Crippen molar-refractivity contribution in [1.82, 2.24) is 10.2 Å². The van der Waals surface area contributed by atoms with Gasteiger partial charge in [0, 0.05) is 24.4 Å². The fourth-order valence-electron chi connectivity index (χ4n) is 3.07. The van der Waals surface area contributed by atoms with E-state index in [4.69, 9.17) is 0 Å². The van der Waals surface area contributed by atoms with E-state index in [0.717, 1.165) is 24.8 Å². The lowest BCUT2D eigenvalue weighted by atomic mass is 10.1. The predicted octanol–water partition coefficient (Wildman–Crippen LogP) is 2.99. The third kappa shape index (κ3) is 4.23. The van der Waals surface area contributed by atoms with Crippen molar-refractivity contribution in [3.05, 3.63) is 58.3 Å². The summed E-state index contributed by atoms with van der Waals surface area (Å²) < 4.78 is 0. The number of nitrogens with one attached hydrogen (secondary N) is 1. The van der Waals surface area contributed by atoms with Crippen LogP contribution in [0.25, 0.3) is 0 Å². The molecule has 1 aromatic carbocycles. The van der Waals surface area contributed by atoms with Crippen LogP contribution >= 0.6 is 11.3 Å². The van der Waals surface area contributed by atoms with Crippen molar-refractivity contribution in [2.24, 2.45) is 0 Å². The maximum Gasteiger partial charge on any atom is 0.243 e. The van der Waals surface area contributed by atoms with E-state index in [1.807, 2.05) is 47.8 Å². The molecule has 2 amide bonds. The monoisotopic (exact) mass is 342 g/mol. The second-order valence-electron chi connectivity index (χ2n) is 6.03. The second kappa shape index (κ2) is 8.11. The molecule has 3 rings (SSSR count). The lowest BCUT2D eigenvalue weighted by Gasteiger charge is -2.24. The molecule has 0 saturated carbocycles. The molecular weight excluding hydrogens is 320 g/mol. The molecule has 5 heteroatoms. The molecule has 1 atom stereocenters. The Kier molecular flexibility index (Phi) is 5.64. The van der Waals surface area contributed by atoms with Crippen LogP contribution in [0.15, 0.2) is 47.8 Å².